The van der Waals surface area contributed by atoms with Crippen molar-refractivity contribution in [2.45, 2.75) is 38.0 Å². The number of hydrogen-bond donors (Lipinski definition) is 2. The molecule has 1 aliphatic carbocycles. The fourth-order valence-corrected chi connectivity index (χ4v) is 6.09. The van der Waals surface area contributed by atoms with Crippen LogP contribution in [0.2, 0.25) is 0 Å². The van der Waals surface area contributed by atoms with Crippen molar-refractivity contribution < 1.29 is 4.79 Å². The van der Waals surface area contributed by atoms with Crippen LogP contribution in [0.15, 0.2) is 29.6 Å². The molecule has 1 saturated heterocycles. The summed E-state index contributed by atoms with van der Waals surface area (Å²) >= 11 is 1.67. The number of nitrogen functional groups attached to an aromatic ring is 1. The minimum atomic E-state index is -0.0666. The van der Waals surface area contributed by atoms with Crippen LogP contribution in [-0.2, 0) is 0 Å². The van der Waals surface area contributed by atoms with Gasteiger partial charge in [-0.1, -0.05) is 19.3 Å². The number of nitrogens with one attached hydrogen (secondary N) is 1. The van der Waals surface area contributed by atoms with Gasteiger partial charge in [-0.05, 0) is 54.0 Å². The van der Waals surface area contributed by atoms with E-state index < -0.39 is 0 Å². The third kappa shape index (κ3) is 4.61. The highest BCUT2D eigenvalue weighted by atomic mass is 32.1. The molecule has 0 radical (unpaired) electrons. The van der Waals surface area contributed by atoms with Gasteiger partial charge in [0.2, 0.25) is 5.95 Å². The zero-order valence-corrected chi connectivity index (χ0v) is 20.8. The maximum absolute atomic E-state index is 12.9. The van der Waals surface area contributed by atoms with Crippen LogP contribution in [-0.4, -0.2) is 61.2 Å². The second-order valence-electron chi connectivity index (χ2n) is 9.46. The first-order chi connectivity index (χ1) is 16.5. The summed E-state index contributed by atoms with van der Waals surface area (Å²) in [5, 5.41) is 6.46. The molecule has 1 aromatic carbocycles. The number of rotatable bonds is 4. The molecular weight excluding hydrogens is 446 g/mol. The third-order valence-electron chi connectivity index (χ3n) is 7.01. The smallest absolute Gasteiger partial charge is 0.321 e. The number of aromatic nitrogens is 2. The molecule has 1 saturated carbocycles. The second kappa shape index (κ2) is 9.66. The summed E-state index contributed by atoms with van der Waals surface area (Å²) in [7, 11) is 4.00. The van der Waals surface area contributed by atoms with Gasteiger partial charge in [0, 0.05) is 51.6 Å². The third-order valence-corrected chi connectivity index (χ3v) is 7.90. The minimum Gasteiger partial charge on any atom is -0.378 e. The van der Waals surface area contributed by atoms with E-state index in [0.717, 1.165) is 35.1 Å². The molecule has 2 amide bonds. The van der Waals surface area contributed by atoms with Crippen molar-refractivity contribution >= 4 is 50.7 Å². The van der Waals surface area contributed by atoms with E-state index in [1.165, 1.54) is 43.1 Å². The van der Waals surface area contributed by atoms with Crippen LogP contribution in [0, 0.1) is 0 Å². The quantitative estimate of drug-likeness (QED) is 0.562. The van der Waals surface area contributed by atoms with Crippen LogP contribution in [0.25, 0.3) is 10.2 Å². The van der Waals surface area contributed by atoms with Crippen molar-refractivity contribution in [3.05, 3.63) is 35.2 Å². The van der Waals surface area contributed by atoms with Crippen LogP contribution in [0.5, 0.6) is 0 Å². The van der Waals surface area contributed by atoms with E-state index in [9.17, 15) is 4.79 Å². The number of fused-ring (bicyclic) bond motifs is 1. The average Bonchev–Trinajstić information content (AvgIpc) is 3.28. The van der Waals surface area contributed by atoms with Crippen LogP contribution >= 0.6 is 11.3 Å². The molecule has 0 atom stereocenters. The van der Waals surface area contributed by atoms with Gasteiger partial charge in [0.15, 0.2) is 0 Å². The highest BCUT2D eigenvalue weighted by Crippen LogP contribution is 2.42. The first-order valence-corrected chi connectivity index (χ1v) is 13.0. The van der Waals surface area contributed by atoms with Crippen LogP contribution in [0.4, 0.5) is 27.9 Å². The number of anilines is 4. The zero-order chi connectivity index (χ0) is 23.7. The molecule has 8 nitrogen and oxygen atoms in total. The molecule has 2 fully saturated rings. The van der Waals surface area contributed by atoms with Gasteiger partial charge in [0.05, 0.1) is 5.39 Å². The van der Waals surface area contributed by atoms with Gasteiger partial charge in [-0.3, -0.25) is 0 Å². The number of nitrogens with two attached hydrogens (primary N) is 1. The Morgan fingerprint density at radius 3 is 2.44 bits per heavy atom. The van der Waals surface area contributed by atoms with E-state index in [4.69, 9.17) is 5.73 Å². The predicted octanol–water partition coefficient (Wildman–Crippen LogP) is 4.74. The van der Waals surface area contributed by atoms with Crippen molar-refractivity contribution in [1.82, 2.24) is 14.9 Å². The highest BCUT2D eigenvalue weighted by Gasteiger charge is 2.27. The Labute approximate surface area is 204 Å². The van der Waals surface area contributed by atoms with Gasteiger partial charge in [0.25, 0.3) is 0 Å². The first-order valence-electron chi connectivity index (χ1n) is 12.1. The Kier molecular flexibility index (Phi) is 6.45. The number of thiophene rings is 1. The molecule has 2 aliphatic rings. The van der Waals surface area contributed by atoms with Crippen LogP contribution < -0.4 is 20.9 Å². The number of urea groups is 1. The lowest BCUT2D eigenvalue weighted by Crippen LogP contribution is -2.50. The molecule has 0 unspecified atom stereocenters. The molecule has 3 aromatic rings. The van der Waals surface area contributed by atoms with Crippen LogP contribution in [0.1, 0.15) is 43.6 Å². The average molecular weight is 480 g/mol. The van der Waals surface area contributed by atoms with Gasteiger partial charge < -0.3 is 25.8 Å². The monoisotopic (exact) mass is 479 g/mol. The first kappa shape index (κ1) is 22.7. The molecule has 9 heteroatoms. The normalized spacial score (nSPS) is 17.2. The van der Waals surface area contributed by atoms with Crippen molar-refractivity contribution in [2.24, 2.45) is 0 Å². The Morgan fingerprint density at radius 1 is 1.06 bits per heavy atom. The molecule has 5 rings (SSSR count). The molecule has 0 spiro atoms. The van der Waals surface area contributed by atoms with Gasteiger partial charge in [-0.2, -0.15) is 4.98 Å². The second-order valence-corrected chi connectivity index (χ2v) is 10.3. The number of nitrogens with zero attached hydrogens (tertiary/aromatic N) is 5. The number of piperazine rings is 1. The van der Waals surface area contributed by atoms with E-state index >= 15 is 0 Å². The van der Waals surface area contributed by atoms with Crippen molar-refractivity contribution in [2.75, 3.05) is 61.1 Å². The molecule has 34 heavy (non-hydrogen) atoms. The number of carbonyl (C=O) groups is 1. The predicted molar refractivity (Wildman–Crippen MR) is 141 cm³/mol. The van der Waals surface area contributed by atoms with Gasteiger partial charge >= 0.3 is 6.03 Å². The Bertz CT molecular complexity index is 1150. The molecule has 0 bridgehead atoms. The Morgan fingerprint density at radius 2 is 1.76 bits per heavy atom. The SMILES string of the molecule is CN(C)c1ccc(NC(=O)N2CCN(c3nc(N)nc4scc(C5CCCCC5)c34)CC2)cc1. The summed E-state index contributed by atoms with van der Waals surface area (Å²) in [6, 6.07) is 7.81. The van der Waals surface area contributed by atoms with E-state index in [2.05, 4.69) is 25.6 Å². The minimum absolute atomic E-state index is 0.0666. The number of benzene rings is 1. The maximum Gasteiger partial charge on any atom is 0.321 e. The summed E-state index contributed by atoms with van der Waals surface area (Å²) in [5.74, 6) is 1.84. The lowest BCUT2D eigenvalue weighted by atomic mass is 9.84. The van der Waals surface area contributed by atoms with Crippen molar-refractivity contribution in [3.63, 3.8) is 0 Å². The Balaban J connectivity index is 1.29. The molecular formula is C25H33N7OS. The summed E-state index contributed by atoms with van der Waals surface area (Å²) in [6.07, 6.45) is 6.38. The van der Waals surface area contributed by atoms with Gasteiger partial charge in [0.1, 0.15) is 10.6 Å². The summed E-state index contributed by atoms with van der Waals surface area (Å²) in [6.45, 7) is 2.71. The molecule has 1 aliphatic heterocycles. The molecule has 3 N–H and O–H groups in total. The molecule has 2 aromatic heterocycles. The summed E-state index contributed by atoms with van der Waals surface area (Å²) in [5.41, 5.74) is 9.38. The van der Waals surface area contributed by atoms with Crippen molar-refractivity contribution in [3.8, 4) is 0 Å². The number of hydrogen-bond acceptors (Lipinski definition) is 7. The fourth-order valence-electron chi connectivity index (χ4n) is 5.07. The standard InChI is InChI=1S/C25H33N7OS/c1-30(2)19-10-8-18(9-11-19)27-25(33)32-14-12-31(13-15-32)22-21-20(17-6-4-3-5-7-17)16-34-23(21)29-24(26)28-22/h8-11,16-17H,3-7,12-15H2,1-2H3,(H,27,33)(H2,26,28,29). The van der Waals surface area contributed by atoms with E-state index in [1.54, 1.807) is 11.3 Å². The maximum atomic E-state index is 12.9. The largest absolute Gasteiger partial charge is 0.378 e. The summed E-state index contributed by atoms with van der Waals surface area (Å²) < 4.78 is 0. The van der Waals surface area contributed by atoms with Gasteiger partial charge in [-0.25, -0.2) is 9.78 Å². The van der Waals surface area contributed by atoms with E-state index in [0.29, 0.717) is 25.0 Å². The fraction of sp³-hybridized carbons (Fsp3) is 0.480. The summed E-state index contributed by atoms with van der Waals surface area (Å²) in [4.78, 5) is 29.2. The molecule has 3 heterocycles. The van der Waals surface area contributed by atoms with E-state index in [-0.39, 0.29) is 6.03 Å². The lowest BCUT2D eigenvalue weighted by molar-refractivity contribution is 0.208. The Hall–Kier alpha value is -3.07. The van der Waals surface area contributed by atoms with E-state index in [1.807, 2.05) is 48.2 Å². The number of carbonyl (C=O) groups excluding carboxylic acids is 1. The van der Waals surface area contributed by atoms with Crippen molar-refractivity contribution in [1.29, 1.82) is 0 Å². The van der Waals surface area contributed by atoms with Gasteiger partial charge in [-0.15, -0.1) is 11.3 Å². The van der Waals surface area contributed by atoms with Crippen LogP contribution in [0.3, 0.4) is 0 Å². The lowest BCUT2D eigenvalue weighted by Gasteiger charge is -2.36. The number of amides is 2. The zero-order valence-electron chi connectivity index (χ0n) is 20.0. The molecule has 180 valence electrons. The highest BCUT2D eigenvalue weighted by molar-refractivity contribution is 7.17. The topological polar surface area (TPSA) is 90.6 Å².